The summed E-state index contributed by atoms with van der Waals surface area (Å²) in [5.74, 6) is 0.242. The molecule has 0 atom stereocenters. The molecule has 1 aromatic rings. The standard InChI is InChI=1S/C9H12Cl2N4O/c1-15(6-2-3-6)4-5-16-8-7(10)13-14-9(11)12-8/h6H,2-5H2,1H3. The normalized spacial score (nSPS) is 15.5. The van der Waals surface area contributed by atoms with Crippen molar-refractivity contribution in [1.82, 2.24) is 20.1 Å². The molecule has 0 aliphatic heterocycles. The monoisotopic (exact) mass is 262 g/mol. The largest absolute Gasteiger partial charge is 0.474 e. The first-order valence-electron chi connectivity index (χ1n) is 5.05. The van der Waals surface area contributed by atoms with Crippen LogP contribution in [0.1, 0.15) is 12.8 Å². The van der Waals surface area contributed by atoms with E-state index in [9.17, 15) is 0 Å². The molecule has 1 aliphatic carbocycles. The summed E-state index contributed by atoms with van der Waals surface area (Å²) in [4.78, 5) is 6.10. The molecule has 0 amide bonds. The molecule has 0 radical (unpaired) electrons. The van der Waals surface area contributed by atoms with Gasteiger partial charge in [0.2, 0.25) is 10.4 Å². The fourth-order valence-corrected chi connectivity index (χ4v) is 1.61. The van der Waals surface area contributed by atoms with Crippen LogP contribution in [0.25, 0.3) is 0 Å². The first kappa shape index (κ1) is 11.8. The predicted octanol–water partition coefficient (Wildman–Crippen LogP) is 1.65. The van der Waals surface area contributed by atoms with Gasteiger partial charge in [-0.2, -0.15) is 4.98 Å². The number of aromatic nitrogens is 3. The highest BCUT2D eigenvalue weighted by Crippen LogP contribution is 2.25. The van der Waals surface area contributed by atoms with Gasteiger partial charge in [0.05, 0.1) is 0 Å². The average molecular weight is 263 g/mol. The van der Waals surface area contributed by atoms with E-state index in [0.717, 1.165) is 6.54 Å². The zero-order valence-corrected chi connectivity index (χ0v) is 10.4. The topological polar surface area (TPSA) is 51.1 Å². The summed E-state index contributed by atoms with van der Waals surface area (Å²) in [5, 5.41) is 7.28. The molecule has 1 aromatic heterocycles. The zero-order chi connectivity index (χ0) is 11.5. The van der Waals surface area contributed by atoms with Crippen LogP contribution in [-0.2, 0) is 0 Å². The Morgan fingerprint density at radius 2 is 2.12 bits per heavy atom. The summed E-state index contributed by atoms with van der Waals surface area (Å²) < 4.78 is 5.39. The number of likely N-dealkylation sites (N-methyl/N-ethyl adjacent to an activating group) is 1. The molecule has 2 rings (SSSR count). The molecule has 1 saturated carbocycles. The van der Waals surface area contributed by atoms with Crippen LogP contribution in [0, 0.1) is 0 Å². The van der Waals surface area contributed by atoms with Crippen LogP contribution in [-0.4, -0.2) is 46.3 Å². The smallest absolute Gasteiger partial charge is 0.256 e. The van der Waals surface area contributed by atoms with Crippen LogP contribution in [0.5, 0.6) is 5.88 Å². The Labute approximate surface area is 104 Å². The fraction of sp³-hybridized carbons (Fsp3) is 0.667. The first-order chi connectivity index (χ1) is 7.66. The molecule has 0 aromatic carbocycles. The van der Waals surface area contributed by atoms with Crippen molar-refractivity contribution in [1.29, 1.82) is 0 Å². The second-order valence-electron chi connectivity index (χ2n) is 3.74. The van der Waals surface area contributed by atoms with Gasteiger partial charge in [0.25, 0.3) is 5.88 Å². The van der Waals surface area contributed by atoms with Gasteiger partial charge in [-0.1, -0.05) is 11.6 Å². The molecule has 1 fully saturated rings. The molecule has 0 saturated heterocycles. The Balaban J connectivity index is 1.81. The number of halogens is 2. The third-order valence-corrected chi connectivity index (χ3v) is 2.84. The Morgan fingerprint density at radius 1 is 1.38 bits per heavy atom. The van der Waals surface area contributed by atoms with Gasteiger partial charge in [0.15, 0.2) is 0 Å². The van der Waals surface area contributed by atoms with Gasteiger partial charge in [-0.3, -0.25) is 0 Å². The number of ether oxygens (including phenoxy) is 1. The molecule has 88 valence electrons. The lowest BCUT2D eigenvalue weighted by molar-refractivity contribution is 0.225. The lowest BCUT2D eigenvalue weighted by Crippen LogP contribution is -2.26. The maximum Gasteiger partial charge on any atom is 0.256 e. The fourth-order valence-electron chi connectivity index (χ4n) is 1.36. The van der Waals surface area contributed by atoms with Gasteiger partial charge < -0.3 is 9.64 Å². The summed E-state index contributed by atoms with van der Waals surface area (Å²) in [7, 11) is 2.08. The average Bonchev–Trinajstić information content (AvgIpc) is 3.06. The molecule has 16 heavy (non-hydrogen) atoms. The summed E-state index contributed by atoms with van der Waals surface area (Å²) >= 11 is 11.3. The van der Waals surface area contributed by atoms with E-state index < -0.39 is 0 Å². The van der Waals surface area contributed by atoms with E-state index in [2.05, 4.69) is 27.1 Å². The van der Waals surface area contributed by atoms with Crippen LogP contribution in [0.4, 0.5) is 0 Å². The Bertz CT molecular complexity index is 373. The molecule has 0 N–H and O–H groups in total. The highest BCUT2D eigenvalue weighted by Gasteiger charge is 2.25. The maximum atomic E-state index is 5.75. The van der Waals surface area contributed by atoms with Crippen molar-refractivity contribution in [3.63, 3.8) is 0 Å². The van der Waals surface area contributed by atoms with Crippen LogP contribution < -0.4 is 4.74 Å². The predicted molar refractivity (Wildman–Crippen MR) is 61.0 cm³/mol. The van der Waals surface area contributed by atoms with Crippen molar-refractivity contribution in [2.45, 2.75) is 18.9 Å². The Kier molecular flexibility index (Phi) is 3.78. The number of rotatable bonds is 5. The Hall–Kier alpha value is -0.650. The minimum Gasteiger partial charge on any atom is -0.474 e. The van der Waals surface area contributed by atoms with E-state index in [0.29, 0.717) is 12.6 Å². The Morgan fingerprint density at radius 3 is 2.81 bits per heavy atom. The maximum absolute atomic E-state index is 5.75. The molecular formula is C9H12Cl2N4O. The first-order valence-corrected chi connectivity index (χ1v) is 5.81. The van der Waals surface area contributed by atoms with Gasteiger partial charge in [0.1, 0.15) is 6.61 Å². The molecule has 1 heterocycles. The summed E-state index contributed by atoms with van der Waals surface area (Å²) in [5.41, 5.74) is 0. The molecule has 7 heteroatoms. The molecule has 0 spiro atoms. The number of hydrogen-bond donors (Lipinski definition) is 0. The van der Waals surface area contributed by atoms with E-state index in [1.807, 2.05) is 0 Å². The third kappa shape index (κ3) is 3.17. The molecule has 1 aliphatic rings. The van der Waals surface area contributed by atoms with Crippen LogP contribution in [0.2, 0.25) is 10.4 Å². The van der Waals surface area contributed by atoms with Crippen LogP contribution >= 0.6 is 23.2 Å². The lowest BCUT2D eigenvalue weighted by atomic mass is 10.5. The quantitative estimate of drug-likeness (QED) is 0.808. The molecular weight excluding hydrogens is 251 g/mol. The van der Waals surface area contributed by atoms with Gasteiger partial charge in [-0.05, 0) is 31.5 Å². The summed E-state index contributed by atoms with van der Waals surface area (Å²) in [6.45, 7) is 1.35. The highest BCUT2D eigenvalue weighted by molar-refractivity contribution is 6.31. The van der Waals surface area contributed by atoms with E-state index in [4.69, 9.17) is 27.9 Å². The van der Waals surface area contributed by atoms with Gasteiger partial charge in [-0.15, -0.1) is 10.2 Å². The van der Waals surface area contributed by atoms with E-state index in [-0.39, 0.29) is 16.3 Å². The van der Waals surface area contributed by atoms with E-state index in [1.54, 1.807) is 0 Å². The SMILES string of the molecule is CN(CCOc1nc(Cl)nnc1Cl)C1CC1. The molecule has 0 bridgehead atoms. The minimum absolute atomic E-state index is 0.0370. The highest BCUT2D eigenvalue weighted by atomic mass is 35.5. The minimum atomic E-state index is 0.0370. The molecule has 0 unspecified atom stereocenters. The van der Waals surface area contributed by atoms with Crippen molar-refractivity contribution in [2.24, 2.45) is 0 Å². The summed E-state index contributed by atoms with van der Waals surface area (Å²) in [6.07, 6.45) is 2.55. The second-order valence-corrected chi connectivity index (χ2v) is 4.43. The molecule has 5 nitrogen and oxygen atoms in total. The van der Waals surface area contributed by atoms with Gasteiger partial charge in [-0.25, -0.2) is 0 Å². The van der Waals surface area contributed by atoms with Crippen LogP contribution in [0.3, 0.4) is 0 Å². The number of hydrogen-bond acceptors (Lipinski definition) is 5. The van der Waals surface area contributed by atoms with E-state index in [1.165, 1.54) is 12.8 Å². The summed E-state index contributed by atoms with van der Waals surface area (Å²) in [6, 6.07) is 0.714. The van der Waals surface area contributed by atoms with Crippen molar-refractivity contribution in [3.05, 3.63) is 10.4 Å². The lowest BCUT2D eigenvalue weighted by Gasteiger charge is -2.15. The van der Waals surface area contributed by atoms with Gasteiger partial charge >= 0.3 is 0 Å². The van der Waals surface area contributed by atoms with E-state index >= 15 is 0 Å². The van der Waals surface area contributed by atoms with Crippen molar-refractivity contribution in [2.75, 3.05) is 20.2 Å². The van der Waals surface area contributed by atoms with Crippen LogP contribution in [0.15, 0.2) is 0 Å². The number of nitrogens with zero attached hydrogens (tertiary/aromatic N) is 4. The third-order valence-electron chi connectivity index (χ3n) is 2.44. The van der Waals surface area contributed by atoms with Crippen molar-refractivity contribution < 1.29 is 4.74 Å². The van der Waals surface area contributed by atoms with Gasteiger partial charge in [0, 0.05) is 12.6 Å². The van der Waals surface area contributed by atoms with Crippen molar-refractivity contribution in [3.8, 4) is 5.88 Å². The zero-order valence-electron chi connectivity index (χ0n) is 8.86. The second kappa shape index (κ2) is 5.12. The van der Waals surface area contributed by atoms with Crippen molar-refractivity contribution >= 4 is 23.2 Å².